The third kappa shape index (κ3) is 6.89. The van der Waals surface area contributed by atoms with Crippen LogP contribution < -0.4 is 14.4 Å². The number of carbonyl (C=O) groups excluding carboxylic acids is 1. The Labute approximate surface area is 264 Å². The van der Waals surface area contributed by atoms with Crippen molar-refractivity contribution in [2.24, 2.45) is 11.8 Å². The van der Waals surface area contributed by atoms with Crippen molar-refractivity contribution >= 4 is 35.1 Å². The maximum atomic E-state index is 13.5. The first-order valence-electron chi connectivity index (χ1n) is 15.6. The zero-order chi connectivity index (χ0) is 29.8. The molecular weight excluding hydrogens is 584 g/mol. The molecule has 1 saturated carbocycles. The minimum atomic E-state index is -0.462. The van der Waals surface area contributed by atoms with Crippen LogP contribution in [0.25, 0.3) is 0 Å². The number of hydrogen-bond acceptors (Lipinski definition) is 7. The molecule has 5 atom stereocenters. The molecule has 2 N–H and O–H groups in total. The highest BCUT2D eigenvalue weighted by atomic mass is 35.5. The van der Waals surface area contributed by atoms with Crippen LogP contribution in [0.4, 0.5) is 5.69 Å². The summed E-state index contributed by atoms with van der Waals surface area (Å²) in [6, 6.07) is 12.1. The molecule has 1 amide bonds. The number of halogens is 1. The van der Waals surface area contributed by atoms with Crippen molar-refractivity contribution in [2.75, 3.05) is 51.5 Å². The van der Waals surface area contributed by atoms with Crippen molar-refractivity contribution < 1.29 is 24.1 Å². The predicted octanol–water partition coefficient (Wildman–Crippen LogP) is 5.96. The van der Waals surface area contributed by atoms with Gasteiger partial charge >= 0.3 is 0 Å². The van der Waals surface area contributed by atoms with E-state index in [0.717, 1.165) is 74.5 Å². The van der Waals surface area contributed by atoms with Crippen LogP contribution in [0.2, 0.25) is 5.02 Å². The van der Waals surface area contributed by atoms with E-state index < -0.39 is 6.10 Å². The highest BCUT2D eigenvalue weighted by molar-refractivity contribution is 7.98. The molecule has 0 aromatic heterocycles. The molecule has 2 aromatic carbocycles. The Balaban J connectivity index is 1.31. The zero-order valence-electron chi connectivity index (χ0n) is 24.9. The topological polar surface area (TPSA) is 80.3 Å². The van der Waals surface area contributed by atoms with Gasteiger partial charge in [-0.25, -0.2) is 0 Å². The Morgan fingerprint density at radius 3 is 2.93 bits per heavy atom. The average molecular weight is 627 g/mol. The summed E-state index contributed by atoms with van der Waals surface area (Å²) >= 11 is 7.83. The van der Waals surface area contributed by atoms with Crippen LogP contribution in [0, 0.1) is 11.8 Å². The van der Waals surface area contributed by atoms with Crippen LogP contribution in [0.1, 0.15) is 60.0 Å². The first kappa shape index (κ1) is 30.8. The largest absolute Gasteiger partial charge is 0.490 e. The summed E-state index contributed by atoms with van der Waals surface area (Å²) in [7, 11) is 1.66. The van der Waals surface area contributed by atoms with Crippen molar-refractivity contribution in [2.45, 2.75) is 61.7 Å². The molecule has 9 heteroatoms. The van der Waals surface area contributed by atoms with E-state index >= 15 is 0 Å². The second-order valence-electron chi connectivity index (χ2n) is 12.5. The van der Waals surface area contributed by atoms with Gasteiger partial charge in [-0.2, -0.15) is 0 Å². The Bertz CT molecular complexity index is 1320. The van der Waals surface area contributed by atoms with E-state index in [-0.39, 0.29) is 22.5 Å². The predicted molar refractivity (Wildman–Crippen MR) is 172 cm³/mol. The number of amides is 1. The highest BCUT2D eigenvalue weighted by Crippen LogP contribution is 2.46. The molecule has 43 heavy (non-hydrogen) atoms. The van der Waals surface area contributed by atoms with Crippen molar-refractivity contribution in [3.05, 3.63) is 70.3 Å². The lowest BCUT2D eigenvalue weighted by atomic mass is 9.68. The van der Waals surface area contributed by atoms with E-state index in [1.807, 2.05) is 30.3 Å². The van der Waals surface area contributed by atoms with E-state index in [9.17, 15) is 9.90 Å². The number of rotatable bonds is 5. The molecule has 1 fully saturated rings. The van der Waals surface area contributed by atoms with Gasteiger partial charge in [-0.15, -0.1) is 0 Å². The number of anilines is 1. The molecule has 232 valence electrons. The maximum Gasteiger partial charge on any atom is 0.261 e. The number of hydrogen-bond donors (Lipinski definition) is 2. The minimum absolute atomic E-state index is 0.0762. The molecule has 0 unspecified atom stereocenters. The molecule has 6 rings (SSSR count). The standard InChI is InChI=1S/C34H43ClN2O5S/c1-40-15-16-41-20-27-6-2-3-7-31(38)28-11-8-25(28)19-37-21-34(14-4-5-23-17-26(35)10-12-29(23)34)22-42-32-13-9-24(18-30(32)37)33(39)36-43-27/h3,7,9-10,12-13,17-18,25,27-28,31,38H,2,4-6,8,11,14-16,19-22H2,1H3,(H,36,39)/b7-3-/t25-,27-,28+,31-,34-/m0/s1. The van der Waals surface area contributed by atoms with E-state index in [4.69, 9.17) is 25.8 Å². The van der Waals surface area contributed by atoms with Gasteiger partial charge in [-0.3, -0.25) is 9.52 Å². The number of aryl methyl sites for hydroxylation is 1. The van der Waals surface area contributed by atoms with Crippen LogP contribution in [-0.4, -0.2) is 69.0 Å². The lowest BCUT2D eigenvalue weighted by molar-refractivity contribution is 0.0456. The molecule has 2 aliphatic heterocycles. The summed E-state index contributed by atoms with van der Waals surface area (Å²) in [6.07, 6.45) is 10.5. The van der Waals surface area contributed by atoms with Gasteiger partial charge in [0.2, 0.25) is 0 Å². The van der Waals surface area contributed by atoms with E-state index in [2.05, 4.69) is 27.8 Å². The maximum absolute atomic E-state index is 13.5. The summed E-state index contributed by atoms with van der Waals surface area (Å²) in [6.45, 7) is 3.75. The van der Waals surface area contributed by atoms with Gasteiger partial charge in [0.15, 0.2) is 0 Å². The van der Waals surface area contributed by atoms with Crippen molar-refractivity contribution in [3.8, 4) is 5.75 Å². The number of aliphatic hydroxyl groups excluding tert-OH is 1. The third-order valence-electron chi connectivity index (χ3n) is 9.71. The summed E-state index contributed by atoms with van der Waals surface area (Å²) in [5, 5.41) is 12.0. The fourth-order valence-corrected chi connectivity index (χ4v) is 8.20. The van der Waals surface area contributed by atoms with Crippen LogP contribution >= 0.6 is 23.5 Å². The van der Waals surface area contributed by atoms with Gasteiger partial charge in [0, 0.05) is 41.5 Å². The van der Waals surface area contributed by atoms with Crippen molar-refractivity contribution in [3.63, 3.8) is 0 Å². The summed E-state index contributed by atoms with van der Waals surface area (Å²) < 4.78 is 20.6. The first-order chi connectivity index (χ1) is 21.0. The van der Waals surface area contributed by atoms with Crippen molar-refractivity contribution in [1.82, 2.24) is 4.72 Å². The number of methoxy groups -OCH3 is 1. The third-order valence-corrected chi connectivity index (χ3v) is 11.0. The number of benzene rings is 2. The van der Waals surface area contributed by atoms with E-state index in [0.29, 0.717) is 37.9 Å². The molecule has 4 aliphatic rings. The monoisotopic (exact) mass is 626 g/mol. The summed E-state index contributed by atoms with van der Waals surface area (Å²) in [5.74, 6) is 1.27. The molecule has 7 nitrogen and oxygen atoms in total. The van der Waals surface area contributed by atoms with Gasteiger partial charge in [-0.1, -0.05) is 29.8 Å². The summed E-state index contributed by atoms with van der Waals surface area (Å²) in [5.41, 5.74) is 4.03. The normalized spacial score (nSPS) is 29.8. The van der Waals surface area contributed by atoms with Crippen LogP contribution in [0.3, 0.4) is 0 Å². The smallest absolute Gasteiger partial charge is 0.261 e. The Morgan fingerprint density at radius 2 is 2.09 bits per heavy atom. The molecule has 1 spiro atoms. The quantitative estimate of drug-likeness (QED) is 0.241. The molecular formula is C34H43ClN2O5S. The molecule has 2 aliphatic carbocycles. The number of nitrogens with zero attached hydrogens (tertiary/aromatic N) is 1. The first-order valence-corrected chi connectivity index (χ1v) is 16.9. The average Bonchev–Trinajstić information content (AvgIpc) is 3.14. The Morgan fingerprint density at radius 1 is 1.19 bits per heavy atom. The Hall–Kier alpha value is -2.23. The second-order valence-corrected chi connectivity index (χ2v) is 14.1. The number of nitrogens with one attached hydrogen (secondary N) is 1. The highest BCUT2D eigenvalue weighted by Gasteiger charge is 2.44. The SMILES string of the molecule is COCCOC[C@@H]1CC/C=C\[C@H](O)[C@@H]2CC[C@H]2CN2C[C@@]3(CCCc4cc(Cl)ccc43)COc3ccc(cc32)C(=O)NS1. The lowest BCUT2D eigenvalue weighted by Gasteiger charge is -2.45. The molecule has 0 radical (unpaired) electrons. The van der Waals surface area contributed by atoms with Gasteiger partial charge < -0.3 is 24.2 Å². The molecule has 2 bridgehead atoms. The van der Waals surface area contributed by atoms with E-state index in [1.165, 1.54) is 23.1 Å². The number of allylic oxidation sites excluding steroid dienone is 1. The van der Waals surface area contributed by atoms with Crippen LogP contribution in [0.5, 0.6) is 5.75 Å². The fourth-order valence-electron chi connectivity index (χ4n) is 7.20. The number of aliphatic hydroxyl groups is 1. The zero-order valence-corrected chi connectivity index (χ0v) is 26.5. The number of fused-ring (bicyclic) bond motifs is 4. The van der Waals surface area contributed by atoms with Crippen molar-refractivity contribution in [1.29, 1.82) is 0 Å². The number of ether oxygens (including phenoxy) is 3. The molecule has 2 heterocycles. The minimum Gasteiger partial charge on any atom is -0.490 e. The Kier molecular flexibility index (Phi) is 9.89. The van der Waals surface area contributed by atoms with Crippen LogP contribution in [-0.2, 0) is 21.3 Å². The van der Waals surface area contributed by atoms with E-state index in [1.54, 1.807) is 7.11 Å². The molecule has 2 aromatic rings. The lowest BCUT2D eigenvalue weighted by Crippen LogP contribution is -2.49. The summed E-state index contributed by atoms with van der Waals surface area (Å²) in [4.78, 5) is 15.9. The molecule has 0 saturated heterocycles. The fraction of sp³-hybridized carbons (Fsp3) is 0.559. The van der Waals surface area contributed by atoms with Gasteiger partial charge in [0.1, 0.15) is 5.75 Å². The van der Waals surface area contributed by atoms with Gasteiger partial charge in [0.25, 0.3) is 5.91 Å². The van der Waals surface area contributed by atoms with Gasteiger partial charge in [0.05, 0.1) is 38.2 Å². The van der Waals surface area contributed by atoms with Gasteiger partial charge in [-0.05, 0) is 110 Å². The van der Waals surface area contributed by atoms with Crippen LogP contribution in [0.15, 0.2) is 48.6 Å². The second kappa shape index (κ2) is 13.8. The number of carbonyl (C=O) groups is 1.